The highest BCUT2D eigenvalue weighted by Crippen LogP contribution is 2.19. The van der Waals surface area contributed by atoms with E-state index in [1.807, 2.05) is 44.6 Å². The summed E-state index contributed by atoms with van der Waals surface area (Å²) in [7, 11) is 1.83. The van der Waals surface area contributed by atoms with Gasteiger partial charge in [-0.1, -0.05) is 25.1 Å². The van der Waals surface area contributed by atoms with Crippen molar-refractivity contribution < 1.29 is 4.79 Å². The van der Waals surface area contributed by atoms with Crippen molar-refractivity contribution in [2.45, 2.75) is 45.3 Å². The fraction of sp³-hybridized carbons (Fsp3) is 0.400. The molecule has 2 unspecified atom stereocenters. The first-order valence-electron chi connectivity index (χ1n) is 9.15. The number of likely N-dealkylation sites (N-methyl/N-ethyl adjacent to an activating group) is 1. The molecule has 0 fully saturated rings. The molecule has 3 N–H and O–H groups in total. The highest BCUT2D eigenvalue weighted by molar-refractivity contribution is 5.86. The summed E-state index contributed by atoms with van der Waals surface area (Å²) >= 11 is 0. The maximum Gasteiger partial charge on any atom is 0.237 e. The topological polar surface area (TPSA) is 74.7 Å². The van der Waals surface area contributed by atoms with Crippen LogP contribution in [-0.2, 0) is 24.2 Å². The van der Waals surface area contributed by atoms with E-state index in [1.165, 1.54) is 5.39 Å². The molecule has 6 nitrogen and oxygen atoms in total. The van der Waals surface area contributed by atoms with Gasteiger partial charge in [0, 0.05) is 48.5 Å². The fourth-order valence-corrected chi connectivity index (χ4v) is 3.35. The molecule has 0 aliphatic carbocycles. The number of nitrogens with zero attached hydrogens (tertiary/aromatic N) is 2. The second-order valence-corrected chi connectivity index (χ2v) is 6.66. The summed E-state index contributed by atoms with van der Waals surface area (Å²) in [5, 5.41) is 7.43. The Morgan fingerprint density at radius 2 is 2.15 bits per heavy atom. The highest BCUT2D eigenvalue weighted by Gasteiger charge is 2.20. The number of aryl methyl sites for hydroxylation is 1. The van der Waals surface area contributed by atoms with Gasteiger partial charge < -0.3 is 20.2 Å². The quantitative estimate of drug-likeness (QED) is 0.581. The first-order valence-corrected chi connectivity index (χ1v) is 9.15. The van der Waals surface area contributed by atoms with Gasteiger partial charge in [-0.25, -0.2) is 4.98 Å². The lowest BCUT2D eigenvalue weighted by molar-refractivity contribution is -0.123. The minimum Gasteiger partial charge on any atom is -0.361 e. The third kappa shape index (κ3) is 3.96. The van der Waals surface area contributed by atoms with E-state index in [4.69, 9.17) is 0 Å². The third-order valence-corrected chi connectivity index (χ3v) is 4.74. The van der Waals surface area contributed by atoms with Gasteiger partial charge in [-0.3, -0.25) is 4.79 Å². The predicted molar refractivity (Wildman–Crippen MR) is 104 cm³/mol. The minimum absolute atomic E-state index is 0.0171. The Labute approximate surface area is 154 Å². The second-order valence-electron chi connectivity index (χ2n) is 6.66. The predicted octanol–water partition coefficient (Wildman–Crippen LogP) is 2.26. The number of carbonyl (C=O) groups excluding carboxylic acids is 1. The number of para-hydroxylation sites is 1. The Balaban J connectivity index is 1.63. The number of carbonyl (C=O) groups is 1. The third-order valence-electron chi connectivity index (χ3n) is 4.74. The summed E-state index contributed by atoms with van der Waals surface area (Å²) in [5.41, 5.74) is 2.24. The number of H-pyrrole nitrogens is 1. The average molecular weight is 353 g/mol. The number of aromatic amines is 1. The van der Waals surface area contributed by atoms with Crippen molar-refractivity contribution in [1.82, 2.24) is 25.2 Å². The summed E-state index contributed by atoms with van der Waals surface area (Å²) in [4.78, 5) is 20.3. The van der Waals surface area contributed by atoms with E-state index in [1.54, 1.807) is 6.20 Å². The van der Waals surface area contributed by atoms with Crippen molar-refractivity contribution in [2.24, 2.45) is 0 Å². The lowest BCUT2D eigenvalue weighted by Gasteiger charge is -2.21. The number of amides is 1. The van der Waals surface area contributed by atoms with Crippen molar-refractivity contribution in [3.63, 3.8) is 0 Å². The molecular weight excluding hydrogens is 326 g/mol. The number of benzene rings is 1. The Kier molecular flexibility index (Phi) is 5.73. The highest BCUT2D eigenvalue weighted by atomic mass is 16.2. The Bertz CT molecular complexity index is 866. The van der Waals surface area contributed by atoms with Gasteiger partial charge in [-0.2, -0.15) is 0 Å². The Hall–Kier alpha value is -2.60. The maximum atomic E-state index is 12.7. The van der Waals surface area contributed by atoms with Gasteiger partial charge in [-0.05, 0) is 32.0 Å². The molecular formula is C20H27N5O. The van der Waals surface area contributed by atoms with Crippen molar-refractivity contribution in [3.8, 4) is 0 Å². The first kappa shape index (κ1) is 18.2. The number of imidazole rings is 1. The molecule has 138 valence electrons. The smallest absolute Gasteiger partial charge is 0.237 e. The lowest BCUT2D eigenvalue weighted by atomic mass is 10.0. The minimum atomic E-state index is -0.273. The van der Waals surface area contributed by atoms with Crippen LogP contribution in [0.5, 0.6) is 0 Å². The molecule has 1 aromatic carbocycles. The van der Waals surface area contributed by atoms with Crippen LogP contribution < -0.4 is 10.6 Å². The van der Waals surface area contributed by atoms with E-state index >= 15 is 0 Å². The van der Waals surface area contributed by atoms with E-state index in [2.05, 4.69) is 38.2 Å². The van der Waals surface area contributed by atoms with Crippen LogP contribution in [0.2, 0.25) is 0 Å². The molecule has 2 aromatic heterocycles. The van der Waals surface area contributed by atoms with E-state index < -0.39 is 0 Å². The lowest BCUT2D eigenvalue weighted by Crippen LogP contribution is -2.48. The van der Waals surface area contributed by atoms with Gasteiger partial charge in [0.2, 0.25) is 5.91 Å². The van der Waals surface area contributed by atoms with Gasteiger partial charge in [0.1, 0.15) is 5.82 Å². The molecule has 6 heteroatoms. The molecule has 0 aliphatic rings. The summed E-state index contributed by atoms with van der Waals surface area (Å²) in [6, 6.07) is 7.91. The van der Waals surface area contributed by atoms with E-state index in [9.17, 15) is 4.79 Å². The van der Waals surface area contributed by atoms with Crippen LogP contribution in [0.3, 0.4) is 0 Å². The monoisotopic (exact) mass is 353 g/mol. The van der Waals surface area contributed by atoms with Gasteiger partial charge in [-0.15, -0.1) is 0 Å². The van der Waals surface area contributed by atoms with Crippen molar-refractivity contribution in [3.05, 3.63) is 54.2 Å². The fourth-order valence-electron chi connectivity index (χ4n) is 3.35. The number of nitrogens with one attached hydrogen (secondary N) is 3. The summed E-state index contributed by atoms with van der Waals surface area (Å²) in [6.07, 6.45) is 7.28. The van der Waals surface area contributed by atoms with Gasteiger partial charge in [0.25, 0.3) is 0 Å². The molecule has 2 atom stereocenters. The van der Waals surface area contributed by atoms with Crippen molar-refractivity contribution in [2.75, 3.05) is 7.05 Å². The standard InChI is InChI=1S/C20H27N5O/c1-4-19-22-9-10-25(19)13-14(2)24-20(26)18(21-3)11-15-12-23-17-8-6-5-7-16(15)17/h5-10,12,14,18,21,23H,4,11,13H2,1-3H3,(H,24,26). The molecule has 3 aromatic rings. The number of fused-ring (bicyclic) bond motifs is 1. The molecule has 3 rings (SSSR count). The number of hydrogen-bond donors (Lipinski definition) is 3. The molecule has 0 saturated heterocycles. The molecule has 0 radical (unpaired) electrons. The molecule has 0 bridgehead atoms. The molecule has 26 heavy (non-hydrogen) atoms. The van der Waals surface area contributed by atoms with Crippen LogP contribution in [0.15, 0.2) is 42.9 Å². The van der Waals surface area contributed by atoms with Gasteiger partial charge in [0.05, 0.1) is 6.04 Å². The number of aromatic nitrogens is 3. The van der Waals surface area contributed by atoms with Crippen LogP contribution >= 0.6 is 0 Å². The van der Waals surface area contributed by atoms with E-state index in [0.29, 0.717) is 6.42 Å². The number of hydrogen-bond acceptors (Lipinski definition) is 3. The summed E-state index contributed by atoms with van der Waals surface area (Å²) in [5.74, 6) is 1.05. The van der Waals surface area contributed by atoms with Crippen LogP contribution in [0, 0.1) is 0 Å². The average Bonchev–Trinajstić information content (AvgIpc) is 3.26. The molecule has 1 amide bonds. The molecule has 0 spiro atoms. The van der Waals surface area contributed by atoms with Crippen LogP contribution in [0.25, 0.3) is 10.9 Å². The van der Waals surface area contributed by atoms with Crippen molar-refractivity contribution in [1.29, 1.82) is 0 Å². The zero-order valence-corrected chi connectivity index (χ0v) is 15.6. The zero-order valence-electron chi connectivity index (χ0n) is 15.6. The SMILES string of the molecule is CCc1nccn1CC(C)NC(=O)C(Cc1c[nH]c2ccccc12)NC. The largest absolute Gasteiger partial charge is 0.361 e. The van der Waals surface area contributed by atoms with Crippen LogP contribution in [0.4, 0.5) is 0 Å². The summed E-state index contributed by atoms with van der Waals surface area (Å²) < 4.78 is 2.10. The van der Waals surface area contributed by atoms with Crippen LogP contribution in [-0.4, -0.2) is 39.6 Å². The number of rotatable bonds is 8. The molecule has 0 saturated carbocycles. The Morgan fingerprint density at radius 3 is 2.92 bits per heavy atom. The molecule has 0 aliphatic heterocycles. The van der Waals surface area contributed by atoms with Gasteiger partial charge >= 0.3 is 0 Å². The van der Waals surface area contributed by atoms with Gasteiger partial charge in [0.15, 0.2) is 0 Å². The zero-order chi connectivity index (χ0) is 18.5. The normalized spacial score (nSPS) is 13.7. The van der Waals surface area contributed by atoms with E-state index in [-0.39, 0.29) is 18.0 Å². The van der Waals surface area contributed by atoms with Crippen molar-refractivity contribution >= 4 is 16.8 Å². The first-order chi connectivity index (χ1) is 12.6. The Morgan fingerprint density at radius 1 is 1.35 bits per heavy atom. The van der Waals surface area contributed by atoms with E-state index in [0.717, 1.165) is 29.9 Å². The summed E-state index contributed by atoms with van der Waals surface area (Å²) in [6.45, 7) is 4.83. The molecule has 2 heterocycles. The maximum absolute atomic E-state index is 12.7. The second kappa shape index (κ2) is 8.19. The van der Waals surface area contributed by atoms with Crippen LogP contribution in [0.1, 0.15) is 25.2 Å².